The smallest absolute Gasteiger partial charge is 2.00 e. The van der Waals surface area contributed by atoms with E-state index in [9.17, 15) is 0 Å². The molecule has 0 aromatic heterocycles. The SMILES string of the molecule is [Mn+2].[O-2].[O-2].[Ti+4]. The van der Waals surface area contributed by atoms with E-state index in [0.29, 0.717) is 0 Å². The molecule has 0 saturated heterocycles. The molecule has 0 heterocycles. The van der Waals surface area contributed by atoms with Gasteiger partial charge in [0.15, 0.2) is 0 Å². The molecule has 0 unspecified atom stereocenters. The Bertz CT molecular complexity index is 6.00. The summed E-state index contributed by atoms with van der Waals surface area (Å²) in [7, 11) is 0. The van der Waals surface area contributed by atoms with Crippen molar-refractivity contribution in [3.05, 3.63) is 0 Å². The van der Waals surface area contributed by atoms with E-state index in [4.69, 9.17) is 0 Å². The molecule has 0 saturated carbocycles. The van der Waals surface area contributed by atoms with Crippen LogP contribution in [-0.4, -0.2) is 0 Å². The van der Waals surface area contributed by atoms with Gasteiger partial charge in [-0.3, -0.25) is 0 Å². The molecule has 4 heavy (non-hydrogen) atoms. The zero-order chi connectivity index (χ0) is 0. The molecule has 2 nitrogen and oxygen atoms in total. The van der Waals surface area contributed by atoms with Crippen LogP contribution in [0.2, 0.25) is 0 Å². The fraction of sp³-hybridized carbons (Fsp3) is 0. The third-order valence-corrected chi connectivity index (χ3v) is 0. The summed E-state index contributed by atoms with van der Waals surface area (Å²) in [6.07, 6.45) is 0. The monoisotopic (exact) mass is 135 g/mol. The Kier molecular flexibility index (Phi) is 518. The van der Waals surface area contributed by atoms with Gasteiger partial charge in [-0.05, 0) is 0 Å². The molecule has 0 aliphatic carbocycles. The quantitative estimate of drug-likeness (QED) is 0.411. The van der Waals surface area contributed by atoms with Crippen LogP contribution in [0.15, 0.2) is 0 Å². The van der Waals surface area contributed by atoms with Gasteiger partial charge in [0.2, 0.25) is 0 Å². The van der Waals surface area contributed by atoms with E-state index in [2.05, 4.69) is 0 Å². The molecule has 4 heteroatoms. The molecule has 0 bridgehead atoms. The predicted octanol–water partition coefficient (Wildman–Crippen LogP) is -0.243. The molecule has 21 valence electrons. The van der Waals surface area contributed by atoms with Gasteiger partial charge in [0, 0.05) is 0 Å². The van der Waals surface area contributed by atoms with Gasteiger partial charge in [-0.2, -0.15) is 0 Å². The van der Waals surface area contributed by atoms with Gasteiger partial charge < -0.3 is 11.0 Å². The van der Waals surface area contributed by atoms with Gasteiger partial charge in [0.1, 0.15) is 0 Å². The Morgan fingerprint density at radius 1 is 0.750 bits per heavy atom. The molecule has 0 atom stereocenters. The molecule has 0 rings (SSSR count). The molecular formula is MnO2Ti+2. The molecule has 0 amide bonds. The third kappa shape index (κ3) is 11.0. The van der Waals surface area contributed by atoms with Crippen molar-refractivity contribution in [2.45, 2.75) is 0 Å². The zero-order valence-corrected chi connectivity index (χ0v) is 4.44. The molecule has 0 spiro atoms. The zero-order valence-electron chi connectivity index (χ0n) is 1.69. The first kappa shape index (κ1) is 66.8. The van der Waals surface area contributed by atoms with Crippen LogP contribution in [0.25, 0.3) is 0 Å². The van der Waals surface area contributed by atoms with Crippen LogP contribution < -0.4 is 0 Å². The number of hydrogen-bond acceptors (Lipinski definition) is 0. The fourth-order valence-corrected chi connectivity index (χ4v) is 0. The van der Waals surface area contributed by atoms with Crippen molar-refractivity contribution in [1.29, 1.82) is 0 Å². The van der Waals surface area contributed by atoms with Gasteiger partial charge in [0.05, 0.1) is 0 Å². The molecule has 1 radical (unpaired) electrons. The molecule has 0 aliphatic rings. The van der Waals surface area contributed by atoms with E-state index < -0.39 is 0 Å². The summed E-state index contributed by atoms with van der Waals surface area (Å²) in [5.41, 5.74) is 0. The van der Waals surface area contributed by atoms with E-state index in [1.165, 1.54) is 0 Å². The largest absolute Gasteiger partial charge is 4.00 e. The van der Waals surface area contributed by atoms with Gasteiger partial charge in [0.25, 0.3) is 0 Å². The first-order valence-corrected chi connectivity index (χ1v) is 0. The van der Waals surface area contributed by atoms with Crippen LogP contribution >= 0.6 is 0 Å². The van der Waals surface area contributed by atoms with Crippen molar-refractivity contribution in [3.63, 3.8) is 0 Å². The maximum Gasteiger partial charge on any atom is 4.00 e. The van der Waals surface area contributed by atoms with Crippen LogP contribution in [0.5, 0.6) is 0 Å². The average molecular weight is 135 g/mol. The minimum Gasteiger partial charge on any atom is -2.00 e. The van der Waals surface area contributed by atoms with E-state index >= 15 is 0 Å². The van der Waals surface area contributed by atoms with E-state index in [1.807, 2.05) is 0 Å². The number of rotatable bonds is 0. The molecule has 0 fully saturated rings. The Balaban J connectivity index is 0. The summed E-state index contributed by atoms with van der Waals surface area (Å²) in [5.74, 6) is 0. The van der Waals surface area contributed by atoms with E-state index in [1.54, 1.807) is 0 Å². The molecule has 0 aromatic rings. The Hall–Kier alpha value is 1.15. The standard InChI is InChI=1S/Mn.2O.Ti/q+2;2*-2;+4. The van der Waals surface area contributed by atoms with Crippen molar-refractivity contribution < 1.29 is 49.7 Å². The van der Waals surface area contributed by atoms with Crippen molar-refractivity contribution >= 4 is 0 Å². The predicted molar refractivity (Wildman–Crippen MR) is 1.37 cm³/mol. The van der Waals surface area contributed by atoms with Gasteiger partial charge >= 0.3 is 38.8 Å². The molecule has 0 N–H and O–H groups in total. The van der Waals surface area contributed by atoms with Crippen molar-refractivity contribution in [2.24, 2.45) is 0 Å². The van der Waals surface area contributed by atoms with Crippen molar-refractivity contribution in [2.75, 3.05) is 0 Å². The minimum atomic E-state index is 0. The van der Waals surface area contributed by atoms with E-state index in [0.717, 1.165) is 0 Å². The Morgan fingerprint density at radius 3 is 0.750 bits per heavy atom. The maximum absolute atomic E-state index is 0. The van der Waals surface area contributed by atoms with Gasteiger partial charge in [-0.15, -0.1) is 0 Å². The first-order valence-electron chi connectivity index (χ1n) is 0. The van der Waals surface area contributed by atoms with Crippen molar-refractivity contribution in [1.82, 2.24) is 0 Å². The number of hydrogen-bond donors (Lipinski definition) is 0. The summed E-state index contributed by atoms with van der Waals surface area (Å²) in [6.45, 7) is 0. The topological polar surface area (TPSA) is 57.0 Å². The summed E-state index contributed by atoms with van der Waals surface area (Å²) >= 11 is 0. The summed E-state index contributed by atoms with van der Waals surface area (Å²) in [4.78, 5) is 0. The van der Waals surface area contributed by atoms with Gasteiger partial charge in [-0.25, -0.2) is 0 Å². The summed E-state index contributed by atoms with van der Waals surface area (Å²) in [6, 6.07) is 0. The van der Waals surface area contributed by atoms with Crippen LogP contribution in [0.4, 0.5) is 0 Å². The summed E-state index contributed by atoms with van der Waals surface area (Å²) < 4.78 is 0. The third-order valence-electron chi connectivity index (χ3n) is 0. The maximum atomic E-state index is 0. The summed E-state index contributed by atoms with van der Waals surface area (Å²) in [5, 5.41) is 0. The van der Waals surface area contributed by atoms with E-state index in [-0.39, 0.29) is 49.7 Å². The van der Waals surface area contributed by atoms with Crippen LogP contribution in [-0.2, 0) is 49.7 Å². The Labute approximate surface area is 49.9 Å². The van der Waals surface area contributed by atoms with Gasteiger partial charge in [-0.1, -0.05) is 0 Å². The first-order chi connectivity index (χ1) is 0. The second-order valence-electron chi connectivity index (χ2n) is 0. The molecular weight excluding hydrogens is 135 g/mol. The second kappa shape index (κ2) is 31.0. The fourth-order valence-electron chi connectivity index (χ4n) is 0. The van der Waals surface area contributed by atoms with Crippen LogP contribution in [0, 0.1) is 0 Å². The second-order valence-corrected chi connectivity index (χ2v) is 0. The normalized spacial score (nSPS) is 0. The average Bonchev–Trinajstić information content (AvgIpc) is 0. The van der Waals surface area contributed by atoms with Crippen molar-refractivity contribution in [3.8, 4) is 0 Å². The van der Waals surface area contributed by atoms with Crippen LogP contribution in [0.1, 0.15) is 0 Å². The Morgan fingerprint density at radius 2 is 0.750 bits per heavy atom. The van der Waals surface area contributed by atoms with Crippen LogP contribution in [0.3, 0.4) is 0 Å². The molecule has 0 aliphatic heterocycles. The molecule has 0 aromatic carbocycles. The minimum absolute atomic E-state index is 0.